The number of ether oxygens (including phenoxy) is 1. The number of rotatable bonds is 5. The fourth-order valence-corrected chi connectivity index (χ4v) is 1.95. The van der Waals surface area contributed by atoms with Crippen LogP contribution in [0.15, 0.2) is 54.6 Å². The van der Waals surface area contributed by atoms with Crippen molar-refractivity contribution in [3.63, 3.8) is 0 Å². The summed E-state index contributed by atoms with van der Waals surface area (Å²) in [5.41, 5.74) is 1.53. The third-order valence-corrected chi connectivity index (χ3v) is 3.46. The largest absolute Gasteiger partial charge is 0.491 e. The Bertz CT molecular complexity index is 578. The van der Waals surface area contributed by atoms with Gasteiger partial charge in [0, 0.05) is 18.3 Å². The summed E-state index contributed by atoms with van der Waals surface area (Å²) in [5, 5.41) is 0. The molecule has 0 saturated heterocycles. The Morgan fingerprint density at radius 3 is 2.29 bits per heavy atom. The normalized spacial score (nSPS) is 11.8. The molecule has 0 spiro atoms. The molecule has 110 valence electrons. The van der Waals surface area contributed by atoms with Crippen LogP contribution < -0.4 is 9.64 Å². The van der Waals surface area contributed by atoms with E-state index in [9.17, 15) is 4.79 Å². The van der Waals surface area contributed by atoms with Crippen molar-refractivity contribution in [2.45, 2.75) is 26.4 Å². The first kappa shape index (κ1) is 15.1. The van der Waals surface area contributed by atoms with Gasteiger partial charge < -0.3 is 9.64 Å². The molecule has 2 aromatic rings. The molecular formula is C18H21NO2. The van der Waals surface area contributed by atoms with Gasteiger partial charge in [-0.25, -0.2) is 0 Å². The maximum Gasteiger partial charge on any atom is 0.258 e. The topological polar surface area (TPSA) is 29.5 Å². The molecule has 0 N–H and O–H groups in total. The Labute approximate surface area is 126 Å². The Hall–Kier alpha value is -2.29. The van der Waals surface area contributed by atoms with Crippen molar-refractivity contribution in [1.29, 1.82) is 0 Å². The summed E-state index contributed by atoms with van der Waals surface area (Å²) in [4.78, 5) is 14.1. The van der Waals surface area contributed by atoms with Gasteiger partial charge in [-0.1, -0.05) is 25.1 Å². The van der Waals surface area contributed by atoms with Crippen LogP contribution in [-0.2, 0) is 0 Å². The lowest BCUT2D eigenvalue weighted by Crippen LogP contribution is -2.26. The highest BCUT2D eigenvalue weighted by Gasteiger charge is 2.13. The van der Waals surface area contributed by atoms with Crippen molar-refractivity contribution in [3.05, 3.63) is 60.2 Å². The van der Waals surface area contributed by atoms with Crippen LogP contribution in [0.3, 0.4) is 0 Å². The van der Waals surface area contributed by atoms with Gasteiger partial charge in [0.25, 0.3) is 5.91 Å². The molecule has 0 bridgehead atoms. The molecule has 3 nitrogen and oxygen atoms in total. The van der Waals surface area contributed by atoms with E-state index in [0.717, 1.165) is 17.9 Å². The first-order chi connectivity index (χ1) is 10.1. The lowest BCUT2D eigenvalue weighted by atomic mass is 10.2. The van der Waals surface area contributed by atoms with Crippen LogP contribution in [0.5, 0.6) is 5.75 Å². The van der Waals surface area contributed by atoms with E-state index < -0.39 is 0 Å². The van der Waals surface area contributed by atoms with Gasteiger partial charge in [-0.2, -0.15) is 0 Å². The molecular weight excluding hydrogens is 262 g/mol. The summed E-state index contributed by atoms with van der Waals surface area (Å²) >= 11 is 0. The molecule has 0 fully saturated rings. The lowest BCUT2D eigenvalue weighted by molar-refractivity contribution is 0.0993. The van der Waals surface area contributed by atoms with Gasteiger partial charge in [-0.3, -0.25) is 4.79 Å². The summed E-state index contributed by atoms with van der Waals surface area (Å²) in [5.74, 6) is 0.763. The molecule has 0 aliphatic heterocycles. The predicted molar refractivity (Wildman–Crippen MR) is 86.0 cm³/mol. The number of amides is 1. The van der Waals surface area contributed by atoms with Gasteiger partial charge in [-0.15, -0.1) is 0 Å². The molecule has 1 atom stereocenters. The summed E-state index contributed by atoms with van der Waals surface area (Å²) < 4.78 is 5.72. The highest BCUT2D eigenvalue weighted by molar-refractivity contribution is 6.05. The first-order valence-corrected chi connectivity index (χ1v) is 7.21. The zero-order valence-electron chi connectivity index (χ0n) is 12.7. The molecule has 0 aliphatic carbocycles. The fraction of sp³-hybridized carbons (Fsp3) is 0.278. The zero-order valence-corrected chi connectivity index (χ0v) is 12.7. The summed E-state index contributed by atoms with van der Waals surface area (Å²) in [6.07, 6.45) is 1.13. The lowest BCUT2D eigenvalue weighted by Gasteiger charge is -2.18. The van der Waals surface area contributed by atoms with Gasteiger partial charge in [0.15, 0.2) is 0 Å². The van der Waals surface area contributed by atoms with Crippen LogP contribution in [0.2, 0.25) is 0 Å². The third-order valence-electron chi connectivity index (χ3n) is 3.46. The average Bonchev–Trinajstić information content (AvgIpc) is 2.55. The standard InChI is InChI=1S/C18H21NO2/c1-4-14(2)21-17-12-10-15(11-13-17)18(20)19(3)16-8-6-5-7-9-16/h5-14H,4H2,1-3H3. The molecule has 21 heavy (non-hydrogen) atoms. The van der Waals surface area contributed by atoms with Crippen molar-refractivity contribution >= 4 is 11.6 Å². The van der Waals surface area contributed by atoms with Crippen molar-refractivity contribution < 1.29 is 9.53 Å². The molecule has 1 amide bonds. The molecule has 0 saturated carbocycles. The third kappa shape index (κ3) is 3.85. The van der Waals surface area contributed by atoms with Crippen LogP contribution in [0.1, 0.15) is 30.6 Å². The number of benzene rings is 2. The van der Waals surface area contributed by atoms with E-state index >= 15 is 0 Å². The minimum Gasteiger partial charge on any atom is -0.491 e. The minimum atomic E-state index is -0.0312. The van der Waals surface area contributed by atoms with Gasteiger partial charge in [0.2, 0.25) is 0 Å². The monoisotopic (exact) mass is 283 g/mol. The predicted octanol–water partition coefficient (Wildman–Crippen LogP) is 4.14. The summed E-state index contributed by atoms with van der Waals surface area (Å²) in [6, 6.07) is 16.9. The maximum atomic E-state index is 12.4. The van der Waals surface area contributed by atoms with E-state index in [1.807, 2.05) is 49.4 Å². The van der Waals surface area contributed by atoms with Crippen LogP contribution >= 0.6 is 0 Å². The average molecular weight is 283 g/mol. The second-order valence-electron chi connectivity index (χ2n) is 5.06. The van der Waals surface area contributed by atoms with Crippen LogP contribution in [0, 0.1) is 0 Å². The van der Waals surface area contributed by atoms with Gasteiger partial charge in [0.05, 0.1) is 6.10 Å². The van der Waals surface area contributed by atoms with Crippen molar-refractivity contribution in [1.82, 2.24) is 0 Å². The smallest absolute Gasteiger partial charge is 0.258 e. The highest BCUT2D eigenvalue weighted by atomic mass is 16.5. The van der Waals surface area contributed by atoms with E-state index in [1.165, 1.54) is 0 Å². The molecule has 2 rings (SSSR count). The van der Waals surface area contributed by atoms with Gasteiger partial charge >= 0.3 is 0 Å². The maximum absolute atomic E-state index is 12.4. The number of para-hydroxylation sites is 1. The molecule has 3 heteroatoms. The molecule has 0 radical (unpaired) electrons. The Kier molecular flexibility index (Phi) is 4.99. The second-order valence-corrected chi connectivity index (χ2v) is 5.06. The molecule has 0 aromatic heterocycles. The minimum absolute atomic E-state index is 0.0312. The first-order valence-electron chi connectivity index (χ1n) is 7.21. The van der Waals surface area contributed by atoms with Gasteiger partial charge in [-0.05, 0) is 49.7 Å². The molecule has 0 aliphatic rings. The fourth-order valence-electron chi connectivity index (χ4n) is 1.95. The van der Waals surface area contributed by atoms with Gasteiger partial charge in [0.1, 0.15) is 5.75 Å². The van der Waals surface area contributed by atoms with E-state index in [4.69, 9.17) is 4.74 Å². The molecule has 2 aromatic carbocycles. The Morgan fingerprint density at radius 1 is 1.10 bits per heavy atom. The van der Waals surface area contributed by atoms with E-state index in [0.29, 0.717) is 5.56 Å². The Morgan fingerprint density at radius 2 is 1.71 bits per heavy atom. The SMILES string of the molecule is CCC(C)Oc1ccc(C(=O)N(C)c2ccccc2)cc1. The number of hydrogen-bond acceptors (Lipinski definition) is 2. The highest BCUT2D eigenvalue weighted by Crippen LogP contribution is 2.18. The van der Waals surface area contributed by atoms with Crippen LogP contribution in [0.4, 0.5) is 5.69 Å². The van der Waals surface area contributed by atoms with E-state index in [-0.39, 0.29) is 12.0 Å². The van der Waals surface area contributed by atoms with Crippen molar-refractivity contribution in [3.8, 4) is 5.75 Å². The molecule has 0 heterocycles. The van der Waals surface area contributed by atoms with E-state index in [1.54, 1.807) is 24.1 Å². The Balaban J connectivity index is 2.09. The zero-order chi connectivity index (χ0) is 15.2. The quantitative estimate of drug-likeness (QED) is 0.825. The van der Waals surface area contributed by atoms with Crippen LogP contribution in [0.25, 0.3) is 0 Å². The summed E-state index contributed by atoms with van der Waals surface area (Å²) in [6.45, 7) is 4.11. The number of nitrogens with zero attached hydrogens (tertiary/aromatic N) is 1. The van der Waals surface area contributed by atoms with Crippen molar-refractivity contribution in [2.75, 3.05) is 11.9 Å². The van der Waals surface area contributed by atoms with Crippen LogP contribution in [-0.4, -0.2) is 19.1 Å². The second kappa shape index (κ2) is 6.93. The number of carbonyl (C=O) groups is 1. The number of carbonyl (C=O) groups excluding carboxylic acids is 1. The number of hydrogen-bond donors (Lipinski definition) is 0. The van der Waals surface area contributed by atoms with Crippen molar-refractivity contribution in [2.24, 2.45) is 0 Å². The molecule has 1 unspecified atom stereocenters. The van der Waals surface area contributed by atoms with E-state index in [2.05, 4.69) is 6.92 Å². The summed E-state index contributed by atoms with van der Waals surface area (Å²) in [7, 11) is 1.78. The number of anilines is 1.